The number of hydrogen-bond donors (Lipinski definition) is 1. The van der Waals surface area contributed by atoms with Crippen LogP contribution in [0.1, 0.15) is 33.4 Å². The van der Waals surface area contributed by atoms with Gasteiger partial charge < -0.3 is 24.4 Å². The van der Waals surface area contributed by atoms with Crippen LogP contribution in [0.25, 0.3) is 0 Å². The Morgan fingerprint density at radius 2 is 1.48 bits per heavy atom. The number of anilines is 1. The lowest BCUT2D eigenvalue weighted by molar-refractivity contribution is -0.119. The number of fused-ring (bicyclic) bond motifs is 1. The molecule has 0 aliphatic carbocycles. The van der Waals surface area contributed by atoms with Crippen LogP contribution in [0.4, 0.5) is 5.69 Å². The first kappa shape index (κ1) is 27.1. The zero-order valence-electron chi connectivity index (χ0n) is 22.7. The number of carbonyl (C=O) groups excluding carboxylic acids is 2. The third-order valence-electron chi connectivity index (χ3n) is 7.02. The Morgan fingerprint density at radius 1 is 0.850 bits per heavy atom. The number of hydrogen-bond acceptors (Lipinski definition) is 6. The molecule has 1 N–H and O–H groups in total. The fraction of sp³-hybridized carbons (Fsp3) is 0.188. The Hall–Kier alpha value is -4.43. The van der Waals surface area contributed by atoms with E-state index in [1.807, 2.05) is 60.9 Å². The molecule has 0 spiro atoms. The first-order valence-electron chi connectivity index (χ1n) is 12.7. The highest BCUT2D eigenvalue weighted by atomic mass is 32.2. The Bertz CT molecular complexity index is 1510. The molecule has 7 nitrogen and oxygen atoms in total. The molecule has 4 aromatic rings. The molecule has 2 amide bonds. The number of benzene rings is 4. The van der Waals surface area contributed by atoms with Crippen molar-refractivity contribution in [1.29, 1.82) is 0 Å². The van der Waals surface area contributed by atoms with E-state index in [-0.39, 0.29) is 11.8 Å². The molecule has 4 aromatic carbocycles. The summed E-state index contributed by atoms with van der Waals surface area (Å²) >= 11 is 1.63. The molecule has 0 saturated carbocycles. The van der Waals surface area contributed by atoms with E-state index in [1.165, 1.54) is 14.2 Å². The summed E-state index contributed by atoms with van der Waals surface area (Å²) in [5, 5.41) is 3.06. The topological polar surface area (TPSA) is 77.1 Å². The molecule has 40 heavy (non-hydrogen) atoms. The molecular formula is C32H30N2O5S. The number of amides is 2. The fourth-order valence-corrected chi connectivity index (χ4v) is 5.41. The number of methoxy groups -OCH3 is 2. The van der Waals surface area contributed by atoms with Gasteiger partial charge in [0.2, 0.25) is 5.91 Å². The van der Waals surface area contributed by atoms with E-state index >= 15 is 0 Å². The van der Waals surface area contributed by atoms with E-state index in [0.717, 1.165) is 16.2 Å². The summed E-state index contributed by atoms with van der Waals surface area (Å²) in [6, 6.07) is 27.5. The minimum atomic E-state index is -0.710. The van der Waals surface area contributed by atoms with E-state index in [1.54, 1.807) is 60.1 Å². The minimum Gasteiger partial charge on any atom is -0.493 e. The quantitative estimate of drug-likeness (QED) is 0.242. The highest BCUT2D eigenvalue weighted by molar-refractivity contribution is 7.98. The molecule has 0 bridgehead atoms. The maximum absolute atomic E-state index is 14.1. The molecule has 1 aliphatic rings. The predicted octanol–water partition coefficient (Wildman–Crippen LogP) is 6.77. The van der Waals surface area contributed by atoms with Crippen molar-refractivity contribution in [2.24, 2.45) is 0 Å². The van der Waals surface area contributed by atoms with E-state index < -0.39 is 12.0 Å². The maximum Gasteiger partial charge on any atom is 0.254 e. The monoisotopic (exact) mass is 554 g/mol. The van der Waals surface area contributed by atoms with Crippen molar-refractivity contribution in [2.45, 2.75) is 16.9 Å². The van der Waals surface area contributed by atoms with Gasteiger partial charge >= 0.3 is 0 Å². The molecule has 0 unspecified atom stereocenters. The van der Waals surface area contributed by atoms with Gasteiger partial charge in [0.25, 0.3) is 5.91 Å². The summed E-state index contributed by atoms with van der Waals surface area (Å²) < 4.78 is 16.9. The van der Waals surface area contributed by atoms with Crippen LogP contribution in [0.5, 0.6) is 23.0 Å². The van der Waals surface area contributed by atoms with Gasteiger partial charge in [-0.15, -0.1) is 11.8 Å². The molecule has 0 saturated heterocycles. The summed E-state index contributed by atoms with van der Waals surface area (Å²) in [5.74, 6) is 1.11. The van der Waals surface area contributed by atoms with E-state index in [4.69, 9.17) is 14.2 Å². The van der Waals surface area contributed by atoms with Gasteiger partial charge in [0.1, 0.15) is 11.5 Å². The average molecular weight is 555 g/mol. The number of ether oxygens (including phenoxy) is 3. The number of nitrogens with zero attached hydrogens (tertiary/aromatic N) is 1. The molecule has 1 heterocycles. The van der Waals surface area contributed by atoms with Crippen molar-refractivity contribution in [3.8, 4) is 23.0 Å². The predicted molar refractivity (Wildman–Crippen MR) is 157 cm³/mol. The molecule has 0 fully saturated rings. The number of carbonyl (C=O) groups is 2. The molecule has 0 aromatic heterocycles. The van der Waals surface area contributed by atoms with Crippen LogP contribution in [-0.2, 0) is 4.79 Å². The van der Waals surface area contributed by atoms with Crippen LogP contribution in [0.3, 0.4) is 0 Å². The van der Waals surface area contributed by atoms with E-state index in [2.05, 4.69) is 5.32 Å². The van der Waals surface area contributed by atoms with Crippen molar-refractivity contribution in [1.82, 2.24) is 4.90 Å². The molecule has 8 heteroatoms. The number of likely N-dealkylation sites (N-methyl/N-ethyl adjacent to an activating group) is 1. The standard InChI is InChI=1S/C32H30N2O5S/c1-34-30(20-10-16-24(40-4)17-11-20)29(25-18-27(37-2)28(38-3)19-26(25)32(34)36)31(35)33-21-12-14-23(15-13-21)39-22-8-6-5-7-9-22/h5-19,29-30H,1-4H3,(H,33,35)/t29-,30-/m1/s1. The lowest BCUT2D eigenvalue weighted by Gasteiger charge is -2.40. The molecular weight excluding hydrogens is 524 g/mol. The molecule has 5 rings (SSSR count). The highest BCUT2D eigenvalue weighted by Crippen LogP contribution is 2.46. The van der Waals surface area contributed by atoms with Crippen molar-refractivity contribution in [3.05, 3.63) is 108 Å². The second-order valence-corrected chi connectivity index (χ2v) is 10.2. The molecule has 1 aliphatic heterocycles. The minimum absolute atomic E-state index is 0.193. The van der Waals surface area contributed by atoms with Gasteiger partial charge in [-0.25, -0.2) is 0 Å². The Morgan fingerprint density at radius 3 is 2.10 bits per heavy atom. The van der Waals surface area contributed by atoms with Crippen LogP contribution in [-0.4, -0.2) is 44.2 Å². The van der Waals surface area contributed by atoms with Crippen LogP contribution >= 0.6 is 11.8 Å². The normalized spacial score (nSPS) is 16.2. The van der Waals surface area contributed by atoms with Crippen molar-refractivity contribution in [2.75, 3.05) is 32.8 Å². The van der Waals surface area contributed by atoms with Crippen LogP contribution in [0.2, 0.25) is 0 Å². The second kappa shape index (κ2) is 11.8. The summed E-state index contributed by atoms with van der Waals surface area (Å²) in [7, 11) is 4.78. The smallest absolute Gasteiger partial charge is 0.254 e. The SMILES string of the molecule is COc1cc2c(cc1OC)[C@@H](C(=O)Nc1ccc(Oc3ccccc3)cc1)[C@@H](c1ccc(SC)cc1)N(C)C2=O. The first-order chi connectivity index (χ1) is 19.4. The zero-order chi connectivity index (χ0) is 28.2. The van der Waals surface area contributed by atoms with Crippen LogP contribution in [0, 0.1) is 0 Å². The van der Waals surface area contributed by atoms with Crippen molar-refractivity contribution < 1.29 is 23.8 Å². The summed E-state index contributed by atoms with van der Waals surface area (Å²) in [6.07, 6.45) is 2.01. The third kappa shape index (κ3) is 5.35. The fourth-order valence-electron chi connectivity index (χ4n) is 5.00. The lowest BCUT2D eigenvalue weighted by atomic mass is 9.79. The summed E-state index contributed by atoms with van der Waals surface area (Å²) in [5.41, 5.74) is 2.47. The number of rotatable bonds is 8. The highest BCUT2D eigenvalue weighted by Gasteiger charge is 2.43. The summed E-state index contributed by atoms with van der Waals surface area (Å²) in [6.45, 7) is 0. The van der Waals surface area contributed by atoms with Gasteiger partial charge in [0.15, 0.2) is 11.5 Å². The third-order valence-corrected chi connectivity index (χ3v) is 7.76. The zero-order valence-corrected chi connectivity index (χ0v) is 23.5. The second-order valence-electron chi connectivity index (χ2n) is 9.33. The number of thioether (sulfide) groups is 1. The Kier molecular flexibility index (Phi) is 7.98. The molecule has 0 radical (unpaired) electrons. The Balaban J connectivity index is 1.51. The number of nitrogens with one attached hydrogen (secondary N) is 1. The van der Waals surface area contributed by atoms with E-state index in [9.17, 15) is 9.59 Å². The molecule has 204 valence electrons. The van der Waals surface area contributed by atoms with E-state index in [0.29, 0.717) is 34.1 Å². The van der Waals surface area contributed by atoms with Crippen LogP contribution in [0.15, 0.2) is 95.9 Å². The first-order valence-corrected chi connectivity index (χ1v) is 14.0. The van der Waals surface area contributed by atoms with Crippen molar-refractivity contribution >= 4 is 29.3 Å². The number of para-hydroxylation sites is 1. The van der Waals surface area contributed by atoms with Gasteiger partial charge in [-0.3, -0.25) is 9.59 Å². The van der Waals surface area contributed by atoms with Gasteiger partial charge in [-0.1, -0.05) is 30.3 Å². The Labute approximate surface area is 238 Å². The van der Waals surface area contributed by atoms with Crippen molar-refractivity contribution in [3.63, 3.8) is 0 Å². The summed E-state index contributed by atoms with van der Waals surface area (Å²) in [4.78, 5) is 30.4. The van der Waals surface area contributed by atoms with Gasteiger partial charge in [-0.05, 0) is 78.0 Å². The van der Waals surface area contributed by atoms with Gasteiger partial charge in [0.05, 0.1) is 26.2 Å². The maximum atomic E-state index is 14.1. The average Bonchev–Trinajstić information content (AvgIpc) is 2.99. The van der Waals surface area contributed by atoms with Gasteiger partial charge in [0, 0.05) is 23.2 Å². The largest absolute Gasteiger partial charge is 0.493 e. The lowest BCUT2D eigenvalue weighted by Crippen LogP contribution is -2.44. The van der Waals surface area contributed by atoms with Gasteiger partial charge in [-0.2, -0.15) is 0 Å². The molecule has 2 atom stereocenters. The van der Waals surface area contributed by atoms with Crippen LogP contribution < -0.4 is 19.5 Å².